The fourth-order valence-corrected chi connectivity index (χ4v) is 2.81. The number of hydrogen-bond donors (Lipinski definition) is 2. The van der Waals surface area contributed by atoms with E-state index in [1.54, 1.807) is 21.3 Å². The molecule has 2 unspecified atom stereocenters. The fraction of sp³-hybridized carbons (Fsp3) is 0.600. The van der Waals surface area contributed by atoms with Crippen LogP contribution in [0.5, 0.6) is 17.2 Å². The van der Waals surface area contributed by atoms with Crippen LogP contribution in [0.2, 0.25) is 0 Å². The zero-order valence-corrected chi connectivity index (χ0v) is 12.8. The summed E-state index contributed by atoms with van der Waals surface area (Å²) in [7, 11) is 4.80. The molecule has 1 heterocycles. The monoisotopic (exact) mass is 296 g/mol. The van der Waals surface area contributed by atoms with Crippen LogP contribution in [0.25, 0.3) is 0 Å². The second-order valence-corrected chi connectivity index (χ2v) is 5.08. The van der Waals surface area contributed by atoms with Crippen LogP contribution >= 0.6 is 0 Å². The summed E-state index contributed by atoms with van der Waals surface area (Å²) in [5.74, 6) is 7.94. The maximum Gasteiger partial charge on any atom is 0.203 e. The van der Waals surface area contributed by atoms with Gasteiger partial charge in [-0.3, -0.25) is 11.3 Å². The van der Waals surface area contributed by atoms with E-state index in [1.165, 1.54) is 0 Å². The smallest absolute Gasteiger partial charge is 0.203 e. The van der Waals surface area contributed by atoms with E-state index in [0.29, 0.717) is 29.8 Å². The van der Waals surface area contributed by atoms with Crippen molar-refractivity contribution in [3.8, 4) is 17.2 Å². The molecule has 0 aliphatic carbocycles. The molecule has 3 N–H and O–H groups in total. The molecule has 21 heavy (non-hydrogen) atoms. The molecule has 118 valence electrons. The summed E-state index contributed by atoms with van der Waals surface area (Å²) in [5.41, 5.74) is 3.90. The Hall–Kier alpha value is -1.50. The van der Waals surface area contributed by atoms with Crippen LogP contribution in [0, 0.1) is 5.92 Å². The van der Waals surface area contributed by atoms with Crippen LogP contribution in [0.15, 0.2) is 12.1 Å². The minimum Gasteiger partial charge on any atom is -0.493 e. The van der Waals surface area contributed by atoms with Crippen LogP contribution in [0.4, 0.5) is 0 Å². The molecular formula is C15H24N2O4. The Morgan fingerprint density at radius 3 is 2.29 bits per heavy atom. The van der Waals surface area contributed by atoms with Gasteiger partial charge in [0.1, 0.15) is 0 Å². The molecule has 0 saturated carbocycles. The lowest BCUT2D eigenvalue weighted by Gasteiger charge is -2.30. The summed E-state index contributed by atoms with van der Waals surface area (Å²) in [4.78, 5) is 0. The van der Waals surface area contributed by atoms with Gasteiger partial charge in [-0.2, -0.15) is 0 Å². The fourth-order valence-electron chi connectivity index (χ4n) is 2.81. The highest BCUT2D eigenvalue weighted by atomic mass is 16.5. The van der Waals surface area contributed by atoms with Crippen molar-refractivity contribution in [2.24, 2.45) is 11.8 Å². The summed E-state index contributed by atoms with van der Waals surface area (Å²) < 4.78 is 21.7. The first-order valence-electron chi connectivity index (χ1n) is 7.09. The zero-order valence-electron chi connectivity index (χ0n) is 12.8. The number of nitrogens with two attached hydrogens (primary N) is 1. The summed E-state index contributed by atoms with van der Waals surface area (Å²) in [6.45, 7) is 1.52. The number of methoxy groups -OCH3 is 3. The highest BCUT2D eigenvalue weighted by molar-refractivity contribution is 5.54. The standard InChI is InChI=1S/C15H24N2O4/c1-18-12-7-11(8-13(19-2)15(12)20-3)14(17-16)10-5-4-6-21-9-10/h7-8,10,14,17H,4-6,9,16H2,1-3H3. The molecule has 2 atom stereocenters. The van der Waals surface area contributed by atoms with E-state index in [4.69, 9.17) is 24.8 Å². The van der Waals surface area contributed by atoms with E-state index >= 15 is 0 Å². The Labute approximate surface area is 125 Å². The molecule has 1 saturated heterocycles. The van der Waals surface area contributed by atoms with Crippen LogP contribution < -0.4 is 25.5 Å². The molecule has 6 nitrogen and oxygen atoms in total. The Bertz CT molecular complexity index is 436. The second-order valence-electron chi connectivity index (χ2n) is 5.08. The van der Waals surface area contributed by atoms with Crippen LogP contribution in [-0.2, 0) is 4.74 Å². The summed E-state index contributed by atoms with van der Waals surface area (Å²) in [6.07, 6.45) is 2.12. The highest BCUT2D eigenvalue weighted by Crippen LogP contribution is 2.41. The van der Waals surface area contributed by atoms with Crippen molar-refractivity contribution in [3.05, 3.63) is 17.7 Å². The van der Waals surface area contributed by atoms with Gasteiger partial charge in [-0.25, -0.2) is 0 Å². The molecule has 0 spiro atoms. The lowest BCUT2D eigenvalue weighted by molar-refractivity contribution is 0.0389. The maximum atomic E-state index is 5.77. The third-order valence-corrected chi connectivity index (χ3v) is 3.89. The van der Waals surface area contributed by atoms with Crippen molar-refractivity contribution in [1.29, 1.82) is 0 Å². The average Bonchev–Trinajstić information content (AvgIpc) is 2.55. The zero-order chi connectivity index (χ0) is 15.2. The summed E-state index contributed by atoms with van der Waals surface area (Å²) in [5, 5.41) is 0. The minimum atomic E-state index is -0.0148. The molecule has 1 aromatic rings. The van der Waals surface area contributed by atoms with E-state index in [2.05, 4.69) is 5.43 Å². The lowest BCUT2D eigenvalue weighted by Crippen LogP contribution is -2.37. The first-order chi connectivity index (χ1) is 10.2. The van der Waals surface area contributed by atoms with Crippen LogP contribution in [0.3, 0.4) is 0 Å². The Kier molecular flexibility index (Phi) is 5.67. The number of hydrazine groups is 1. The van der Waals surface area contributed by atoms with Crippen LogP contribution in [0.1, 0.15) is 24.4 Å². The molecule has 0 bridgehead atoms. The van der Waals surface area contributed by atoms with Crippen molar-refractivity contribution in [1.82, 2.24) is 5.43 Å². The summed E-state index contributed by atoms with van der Waals surface area (Å²) in [6, 6.07) is 3.85. The van der Waals surface area contributed by atoms with Gasteiger partial charge in [-0.05, 0) is 30.5 Å². The van der Waals surface area contributed by atoms with Gasteiger partial charge in [0.05, 0.1) is 34.0 Å². The van der Waals surface area contributed by atoms with Gasteiger partial charge in [0, 0.05) is 12.5 Å². The largest absolute Gasteiger partial charge is 0.493 e. The topological polar surface area (TPSA) is 75.0 Å². The Morgan fingerprint density at radius 1 is 1.19 bits per heavy atom. The highest BCUT2D eigenvalue weighted by Gasteiger charge is 2.27. The Balaban J connectivity index is 2.36. The van der Waals surface area contributed by atoms with Crippen molar-refractivity contribution in [2.45, 2.75) is 18.9 Å². The quantitative estimate of drug-likeness (QED) is 0.614. The molecule has 1 fully saturated rings. The molecule has 1 aliphatic rings. The molecular weight excluding hydrogens is 272 g/mol. The predicted molar refractivity (Wildman–Crippen MR) is 79.7 cm³/mol. The molecule has 0 radical (unpaired) electrons. The second kappa shape index (κ2) is 7.49. The molecule has 0 amide bonds. The van der Waals surface area contributed by atoms with Gasteiger partial charge >= 0.3 is 0 Å². The van der Waals surface area contributed by atoms with Crippen molar-refractivity contribution in [3.63, 3.8) is 0 Å². The van der Waals surface area contributed by atoms with E-state index in [1.807, 2.05) is 12.1 Å². The minimum absolute atomic E-state index is 0.0148. The number of nitrogens with one attached hydrogen (secondary N) is 1. The van der Waals surface area contributed by atoms with E-state index in [0.717, 1.165) is 25.0 Å². The van der Waals surface area contributed by atoms with Crippen molar-refractivity contribution in [2.75, 3.05) is 34.5 Å². The van der Waals surface area contributed by atoms with Gasteiger partial charge < -0.3 is 18.9 Å². The van der Waals surface area contributed by atoms with Gasteiger partial charge in [-0.1, -0.05) is 0 Å². The molecule has 1 aromatic carbocycles. The van der Waals surface area contributed by atoms with E-state index in [-0.39, 0.29) is 6.04 Å². The summed E-state index contributed by atoms with van der Waals surface area (Å²) >= 11 is 0. The van der Waals surface area contributed by atoms with E-state index in [9.17, 15) is 0 Å². The van der Waals surface area contributed by atoms with Crippen molar-refractivity contribution < 1.29 is 18.9 Å². The number of hydrogen-bond acceptors (Lipinski definition) is 6. The number of rotatable bonds is 6. The maximum absolute atomic E-state index is 5.77. The lowest BCUT2D eigenvalue weighted by atomic mass is 9.89. The molecule has 0 aromatic heterocycles. The van der Waals surface area contributed by atoms with Gasteiger partial charge in [0.25, 0.3) is 0 Å². The third kappa shape index (κ3) is 3.40. The molecule has 2 rings (SSSR count). The van der Waals surface area contributed by atoms with Crippen molar-refractivity contribution >= 4 is 0 Å². The number of benzene rings is 1. The first kappa shape index (κ1) is 15.9. The molecule has 1 aliphatic heterocycles. The van der Waals surface area contributed by atoms with Gasteiger partial charge in [-0.15, -0.1) is 0 Å². The SMILES string of the molecule is COc1cc(C(NN)C2CCCOC2)cc(OC)c1OC. The Morgan fingerprint density at radius 2 is 1.86 bits per heavy atom. The number of ether oxygens (including phenoxy) is 4. The first-order valence-corrected chi connectivity index (χ1v) is 7.09. The predicted octanol–water partition coefficient (Wildman–Crippen LogP) is 1.64. The average molecular weight is 296 g/mol. The normalized spacial score (nSPS) is 19.9. The van der Waals surface area contributed by atoms with Gasteiger partial charge in [0.2, 0.25) is 5.75 Å². The third-order valence-electron chi connectivity index (χ3n) is 3.89. The van der Waals surface area contributed by atoms with Crippen LogP contribution in [-0.4, -0.2) is 34.5 Å². The van der Waals surface area contributed by atoms with Gasteiger partial charge in [0.15, 0.2) is 11.5 Å². The molecule has 6 heteroatoms. The van der Waals surface area contributed by atoms with E-state index < -0.39 is 0 Å².